The Morgan fingerprint density at radius 1 is 1.03 bits per heavy atom. The van der Waals surface area contributed by atoms with Crippen molar-refractivity contribution in [1.29, 1.82) is 0 Å². The molecule has 0 aliphatic rings. The lowest BCUT2D eigenvalue weighted by atomic mass is 10.2. The largest absolute Gasteiger partial charge is 0.495 e. The number of anilines is 1. The average Bonchev–Trinajstić information content (AvgIpc) is 2.65. The van der Waals surface area contributed by atoms with E-state index >= 15 is 0 Å². The van der Waals surface area contributed by atoms with Gasteiger partial charge in [-0.2, -0.15) is 0 Å². The maximum atomic E-state index is 12.5. The maximum absolute atomic E-state index is 12.5. The summed E-state index contributed by atoms with van der Waals surface area (Å²) in [4.78, 5) is 12.3. The number of rotatable bonds is 8. The molecule has 0 fully saturated rings. The minimum absolute atomic E-state index is 0.0108. The highest BCUT2D eigenvalue weighted by molar-refractivity contribution is 7.89. The van der Waals surface area contributed by atoms with E-state index in [1.54, 1.807) is 38.1 Å². The summed E-state index contributed by atoms with van der Waals surface area (Å²) in [7, 11) is -0.819. The molecule has 0 saturated carbocycles. The Hall–Kier alpha value is -2.84. The Kier molecular flexibility index (Phi) is 7.41. The number of nitrogens with one attached hydrogen (secondary N) is 2. The van der Waals surface area contributed by atoms with Crippen LogP contribution >= 0.6 is 0 Å². The lowest BCUT2D eigenvalue weighted by Crippen LogP contribution is -2.30. The molecule has 0 aliphatic heterocycles. The van der Waals surface area contributed by atoms with Crippen LogP contribution in [0.3, 0.4) is 0 Å². The number of sulfonamides is 1. The number of carbonyl (C=O) groups excluding carboxylic acids is 1. The van der Waals surface area contributed by atoms with Crippen LogP contribution in [0.4, 0.5) is 5.69 Å². The zero-order valence-electron chi connectivity index (χ0n) is 17.1. The van der Waals surface area contributed by atoms with E-state index in [9.17, 15) is 13.2 Å². The van der Waals surface area contributed by atoms with Gasteiger partial charge in [-0.15, -0.1) is 0 Å². The van der Waals surface area contributed by atoms with Crippen LogP contribution in [0, 0.1) is 6.92 Å². The topological polar surface area (TPSA) is 93.7 Å². The summed E-state index contributed by atoms with van der Waals surface area (Å²) < 4.78 is 38.0. The molecule has 2 N–H and O–H groups in total. The summed E-state index contributed by atoms with van der Waals surface area (Å²) in [6.07, 6.45) is 2.86. The minimum atomic E-state index is -3.75. The smallest absolute Gasteiger partial charge is 0.248 e. The van der Waals surface area contributed by atoms with Crippen LogP contribution in [-0.2, 0) is 14.8 Å². The standard InChI is InChI=1S/C21H26N2O5S/c1-14(2)23-29(25,26)20-13-16(7-10-19(20)28-5)8-11-21(24)22-17-12-15(3)6-9-18(17)27-4/h6-14,23H,1-5H3,(H,22,24). The van der Waals surface area contributed by atoms with Gasteiger partial charge in [0.05, 0.1) is 19.9 Å². The van der Waals surface area contributed by atoms with Crippen molar-refractivity contribution in [2.24, 2.45) is 0 Å². The number of amides is 1. The summed E-state index contributed by atoms with van der Waals surface area (Å²) in [6, 6.07) is 9.88. The van der Waals surface area contributed by atoms with Gasteiger partial charge >= 0.3 is 0 Å². The second-order valence-corrected chi connectivity index (χ2v) is 8.40. The van der Waals surface area contributed by atoms with Crippen LogP contribution in [0.2, 0.25) is 0 Å². The van der Waals surface area contributed by atoms with Crippen molar-refractivity contribution in [3.63, 3.8) is 0 Å². The van der Waals surface area contributed by atoms with Gasteiger partial charge in [-0.3, -0.25) is 4.79 Å². The van der Waals surface area contributed by atoms with Crippen LogP contribution in [0.1, 0.15) is 25.0 Å². The van der Waals surface area contributed by atoms with Gasteiger partial charge in [0.15, 0.2) is 0 Å². The van der Waals surface area contributed by atoms with Gasteiger partial charge in [-0.05, 0) is 62.2 Å². The van der Waals surface area contributed by atoms with Crippen molar-refractivity contribution in [2.75, 3.05) is 19.5 Å². The van der Waals surface area contributed by atoms with Crippen molar-refractivity contribution >= 4 is 27.7 Å². The normalized spacial score (nSPS) is 11.7. The Morgan fingerprint density at radius 2 is 1.69 bits per heavy atom. The van der Waals surface area contributed by atoms with E-state index in [-0.39, 0.29) is 22.6 Å². The first kappa shape index (κ1) is 22.4. The second-order valence-electron chi connectivity index (χ2n) is 6.71. The van der Waals surface area contributed by atoms with E-state index in [0.717, 1.165) is 5.56 Å². The molecule has 2 aromatic rings. The van der Waals surface area contributed by atoms with Crippen molar-refractivity contribution in [2.45, 2.75) is 31.7 Å². The van der Waals surface area contributed by atoms with E-state index in [4.69, 9.17) is 9.47 Å². The van der Waals surface area contributed by atoms with Crippen molar-refractivity contribution in [1.82, 2.24) is 4.72 Å². The van der Waals surface area contributed by atoms with Gasteiger partial charge in [0.2, 0.25) is 15.9 Å². The molecule has 29 heavy (non-hydrogen) atoms. The number of ether oxygens (including phenoxy) is 2. The third kappa shape index (κ3) is 6.07. The van der Waals surface area contributed by atoms with Crippen molar-refractivity contribution in [3.05, 3.63) is 53.6 Å². The number of benzene rings is 2. The molecule has 156 valence electrons. The fraction of sp³-hybridized carbons (Fsp3) is 0.286. The molecule has 2 aromatic carbocycles. The average molecular weight is 419 g/mol. The van der Waals surface area contributed by atoms with Crippen molar-refractivity contribution < 1.29 is 22.7 Å². The first-order valence-electron chi connectivity index (χ1n) is 9.00. The molecule has 0 spiro atoms. The molecule has 0 radical (unpaired) electrons. The first-order chi connectivity index (χ1) is 13.7. The van der Waals surface area contributed by atoms with Crippen LogP contribution < -0.4 is 19.5 Å². The summed E-state index contributed by atoms with van der Waals surface area (Å²) in [6.45, 7) is 5.38. The molecule has 1 amide bonds. The molecule has 0 heterocycles. The monoisotopic (exact) mass is 418 g/mol. The molecule has 0 saturated heterocycles. The predicted molar refractivity (Wildman–Crippen MR) is 114 cm³/mol. The Morgan fingerprint density at radius 3 is 2.31 bits per heavy atom. The Balaban J connectivity index is 2.26. The summed E-state index contributed by atoms with van der Waals surface area (Å²) >= 11 is 0. The van der Waals surface area contributed by atoms with E-state index in [0.29, 0.717) is 17.0 Å². The molecule has 0 bridgehead atoms. The van der Waals surface area contributed by atoms with E-state index in [1.165, 1.54) is 32.4 Å². The number of carbonyl (C=O) groups is 1. The molecule has 0 aliphatic carbocycles. The van der Waals surface area contributed by atoms with E-state index < -0.39 is 10.0 Å². The van der Waals surface area contributed by atoms with Crippen molar-refractivity contribution in [3.8, 4) is 11.5 Å². The van der Waals surface area contributed by atoms with Crippen LogP contribution in [0.15, 0.2) is 47.4 Å². The highest BCUT2D eigenvalue weighted by atomic mass is 32.2. The zero-order valence-corrected chi connectivity index (χ0v) is 18.0. The Labute approximate surface area is 171 Å². The lowest BCUT2D eigenvalue weighted by molar-refractivity contribution is -0.111. The SMILES string of the molecule is COc1ccc(C)cc1NC(=O)C=Cc1ccc(OC)c(S(=O)(=O)NC(C)C)c1. The Bertz CT molecular complexity index is 1010. The summed E-state index contributed by atoms with van der Waals surface area (Å²) in [5, 5.41) is 2.76. The number of hydrogen-bond acceptors (Lipinski definition) is 5. The molecule has 7 nitrogen and oxygen atoms in total. The molecule has 0 unspecified atom stereocenters. The molecule has 0 aromatic heterocycles. The van der Waals surface area contributed by atoms with Crippen LogP contribution in [-0.4, -0.2) is 34.6 Å². The number of methoxy groups -OCH3 is 2. The first-order valence-corrected chi connectivity index (χ1v) is 10.5. The van der Waals surface area contributed by atoms with E-state index in [2.05, 4.69) is 10.0 Å². The fourth-order valence-electron chi connectivity index (χ4n) is 2.65. The van der Waals surface area contributed by atoms with Gasteiger partial charge < -0.3 is 14.8 Å². The van der Waals surface area contributed by atoms with Crippen LogP contribution in [0.25, 0.3) is 6.08 Å². The van der Waals surface area contributed by atoms with Gasteiger partial charge in [-0.1, -0.05) is 12.1 Å². The highest BCUT2D eigenvalue weighted by Crippen LogP contribution is 2.27. The minimum Gasteiger partial charge on any atom is -0.495 e. The summed E-state index contributed by atoms with van der Waals surface area (Å²) in [5.41, 5.74) is 2.08. The second kappa shape index (κ2) is 9.58. The quantitative estimate of drug-likeness (QED) is 0.641. The third-order valence-electron chi connectivity index (χ3n) is 3.91. The molecule has 0 atom stereocenters. The zero-order chi connectivity index (χ0) is 21.6. The van der Waals surface area contributed by atoms with Gasteiger partial charge in [-0.25, -0.2) is 13.1 Å². The predicted octanol–water partition coefficient (Wildman–Crippen LogP) is 3.35. The molecule has 8 heteroatoms. The van der Waals surface area contributed by atoms with Gasteiger partial charge in [0.25, 0.3) is 0 Å². The maximum Gasteiger partial charge on any atom is 0.248 e. The number of hydrogen-bond donors (Lipinski definition) is 2. The molecular weight excluding hydrogens is 392 g/mol. The van der Waals surface area contributed by atoms with Gasteiger partial charge in [0, 0.05) is 12.1 Å². The van der Waals surface area contributed by atoms with Crippen LogP contribution in [0.5, 0.6) is 11.5 Å². The molecular formula is C21H26N2O5S. The number of aryl methyl sites for hydroxylation is 1. The summed E-state index contributed by atoms with van der Waals surface area (Å²) in [5.74, 6) is 0.411. The third-order valence-corrected chi connectivity index (χ3v) is 5.59. The van der Waals surface area contributed by atoms with Gasteiger partial charge in [0.1, 0.15) is 16.4 Å². The molecule has 2 rings (SSSR count). The lowest BCUT2D eigenvalue weighted by Gasteiger charge is -2.13. The fourth-order valence-corrected chi connectivity index (χ4v) is 4.10. The van der Waals surface area contributed by atoms with E-state index in [1.807, 2.05) is 13.0 Å². The highest BCUT2D eigenvalue weighted by Gasteiger charge is 2.20.